The third-order valence-corrected chi connectivity index (χ3v) is 2.02. The number of nitrogens with zero attached hydrogens (tertiary/aromatic N) is 2. The molecule has 20 heavy (non-hydrogen) atoms. The van der Waals surface area contributed by atoms with Gasteiger partial charge in [0.15, 0.2) is 0 Å². The molecular weight excluding hydrogens is 272 g/mol. The molecule has 0 fully saturated rings. The monoisotopic (exact) mass is 286 g/mol. The lowest BCUT2D eigenvalue weighted by atomic mass is 10.2. The van der Waals surface area contributed by atoms with Crippen molar-refractivity contribution in [3.8, 4) is 0 Å². The summed E-state index contributed by atoms with van der Waals surface area (Å²) in [7, 11) is 0. The summed E-state index contributed by atoms with van der Waals surface area (Å²) in [5, 5.41) is 0.863. The van der Waals surface area contributed by atoms with E-state index in [1.807, 2.05) is 10.9 Å². The molecule has 10 heteroatoms. The Kier molecular flexibility index (Phi) is 8.76. The van der Waals surface area contributed by atoms with Gasteiger partial charge in [0.1, 0.15) is 0 Å². The summed E-state index contributed by atoms with van der Waals surface area (Å²) < 4.78 is 0. The third kappa shape index (κ3) is 7.53. The van der Waals surface area contributed by atoms with Crippen LogP contribution in [0.25, 0.3) is 0 Å². The number of nitrogens with one attached hydrogen (secondary N) is 2. The van der Waals surface area contributed by atoms with Gasteiger partial charge in [0.05, 0.1) is 0 Å². The maximum Gasteiger partial charge on any atom is 0.238 e. The Morgan fingerprint density at radius 1 is 0.700 bits per heavy atom. The molecule has 0 heterocycles. The highest BCUT2D eigenvalue weighted by molar-refractivity contribution is 5.81. The van der Waals surface area contributed by atoms with Gasteiger partial charge in [-0.1, -0.05) is 0 Å². The molecule has 10 nitrogen and oxygen atoms in total. The predicted octanol–water partition coefficient (Wildman–Crippen LogP) is -2.16. The molecule has 0 aliphatic carbocycles. The van der Waals surface area contributed by atoms with E-state index in [9.17, 15) is 28.8 Å². The Hall–Kier alpha value is -2.78. The summed E-state index contributed by atoms with van der Waals surface area (Å²) >= 11 is 0. The summed E-state index contributed by atoms with van der Waals surface area (Å²) in [6.45, 7) is 0. The lowest BCUT2D eigenvalue weighted by Gasteiger charge is -2.11. The lowest BCUT2D eigenvalue weighted by Crippen LogP contribution is -2.40. The summed E-state index contributed by atoms with van der Waals surface area (Å²) in [5.41, 5.74) is 4.02. The molecule has 0 bridgehead atoms. The summed E-state index contributed by atoms with van der Waals surface area (Å²) in [4.78, 5) is 63.3. The molecule has 0 radical (unpaired) electrons. The number of hydrogen-bond donors (Lipinski definition) is 2. The molecule has 0 saturated heterocycles. The van der Waals surface area contributed by atoms with Crippen LogP contribution in [0, 0.1) is 0 Å². The standard InChI is InChI=1S/C10H14N4O6/c15-5-13(6-16)11-9(19)3-1-2-4-10(20)12-14(7-17)8-18/h5-8H,1-4H2,(H,11,19)(H,12,20). The first kappa shape index (κ1) is 17.2. The second-order valence-electron chi connectivity index (χ2n) is 3.51. The van der Waals surface area contributed by atoms with Gasteiger partial charge in [-0.3, -0.25) is 39.6 Å². The molecule has 0 atom stereocenters. The van der Waals surface area contributed by atoms with Crippen molar-refractivity contribution in [1.82, 2.24) is 20.9 Å². The number of hydrogen-bond acceptors (Lipinski definition) is 6. The number of unbranched alkanes of at least 4 members (excludes halogenated alkanes) is 1. The van der Waals surface area contributed by atoms with Gasteiger partial charge in [0, 0.05) is 12.8 Å². The highest BCUT2D eigenvalue weighted by Gasteiger charge is 2.08. The molecule has 0 unspecified atom stereocenters. The van der Waals surface area contributed by atoms with Crippen LogP contribution in [-0.2, 0) is 28.8 Å². The van der Waals surface area contributed by atoms with Gasteiger partial charge >= 0.3 is 0 Å². The van der Waals surface area contributed by atoms with E-state index in [0.717, 1.165) is 0 Å². The van der Waals surface area contributed by atoms with Crippen LogP contribution in [0.1, 0.15) is 25.7 Å². The molecule has 0 aliphatic heterocycles. The van der Waals surface area contributed by atoms with Gasteiger partial charge in [0.25, 0.3) is 0 Å². The second kappa shape index (κ2) is 10.2. The van der Waals surface area contributed by atoms with Gasteiger partial charge in [-0.05, 0) is 12.8 Å². The van der Waals surface area contributed by atoms with E-state index >= 15 is 0 Å². The Bertz CT molecular complexity index is 334. The van der Waals surface area contributed by atoms with Crippen molar-refractivity contribution < 1.29 is 28.8 Å². The average molecular weight is 286 g/mol. The summed E-state index contributed by atoms with van der Waals surface area (Å²) in [5.74, 6) is -1.10. The topological polar surface area (TPSA) is 133 Å². The van der Waals surface area contributed by atoms with Crippen molar-refractivity contribution in [2.75, 3.05) is 0 Å². The minimum atomic E-state index is -0.549. The lowest BCUT2D eigenvalue weighted by molar-refractivity contribution is -0.141. The second-order valence-corrected chi connectivity index (χ2v) is 3.51. The molecule has 110 valence electrons. The van der Waals surface area contributed by atoms with Gasteiger partial charge in [-0.2, -0.15) is 10.0 Å². The molecule has 0 aromatic heterocycles. The smallest absolute Gasteiger partial charge is 0.238 e. The van der Waals surface area contributed by atoms with Gasteiger partial charge in [0.2, 0.25) is 37.5 Å². The molecule has 0 aromatic rings. The van der Waals surface area contributed by atoms with Crippen molar-refractivity contribution in [3.05, 3.63) is 0 Å². The molecule has 0 saturated carbocycles. The Balaban J connectivity index is 3.80. The van der Waals surface area contributed by atoms with Crippen LogP contribution in [-0.4, -0.2) is 47.5 Å². The molecule has 0 aliphatic rings. The first-order valence-corrected chi connectivity index (χ1v) is 5.54. The van der Waals surface area contributed by atoms with Crippen molar-refractivity contribution in [2.24, 2.45) is 0 Å². The zero-order valence-corrected chi connectivity index (χ0v) is 10.5. The van der Waals surface area contributed by atoms with E-state index in [4.69, 9.17) is 0 Å². The Morgan fingerprint density at radius 3 is 1.25 bits per heavy atom. The van der Waals surface area contributed by atoms with E-state index in [2.05, 4.69) is 0 Å². The zero-order valence-electron chi connectivity index (χ0n) is 10.5. The van der Waals surface area contributed by atoms with Crippen LogP contribution in [0.5, 0.6) is 0 Å². The van der Waals surface area contributed by atoms with Crippen LogP contribution in [0.15, 0.2) is 0 Å². The van der Waals surface area contributed by atoms with Crippen molar-refractivity contribution in [2.45, 2.75) is 25.7 Å². The Morgan fingerprint density at radius 2 is 1.00 bits per heavy atom. The average Bonchev–Trinajstić information content (AvgIpc) is 2.46. The largest absolute Gasteiger partial charge is 0.276 e. The van der Waals surface area contributed by atoms with E-state index in [1.165, 1.54) is 0 Å². The number of carbonyl (C=O) groups is 6. The third-order valence-electron chi connectivity index (χ3n) is 2.02. The van der Waals surface area contributed by atoms with E-state index in [-0.39, 0.29) is 38.5 Å². The first-order valence-electron chi connectivity index (χ1n) is 5.54. The fourth-order valence-electron chi connectivity index (χ4n) is 1.13. The number of hydrazine groups is 2. The van der Waals surface area contributed by atoms with Gasteiger partial charge < -0.3 is 0 Å². The molecule has 0 spiro atoms. The van der Waals surface area contributed by atoms with Crippen LogP contribution in [0.2, 0.25) is 0 Å². The molecule has 2 N–H and O–H groups in total. The fourth-order valence-corrected chi connectivity index (χ4v) is 1.13. The predicted molar refractivity (Wildman–Crippen MR) is 62.7 cm³/mol. The number of imide groups is 2. The molecular formula is C10H14N4O6. The maximum absolute atomic E-state index is 11.2. The first-order chi connectivity index (χ1) is 9.57. The van der Waals surface area contributed by atoms with Gasteiger partial charge in [-0.25, -0.2) is 0 Å². The Labute approximate surface area is 114 Å². The van der Waals surface area contributed by atoms with E-state index in [0.29, 0.717) is 22.9 Å². The highest BCUT2D eigenvalue weighted by atomic mass is 16.2. The minimum Gasteiger partial charge on any atom is -0.276 e. The zero-order chi connectivity index (χ0) is 15.4. The van der Waals surface area contributed by atoms with Crippen molar-refractivity contribution in [3.63, 3.8) is 0 Å². The SMILES string of the molecule is O=CN(C=O)NC(=O)CCCCC(=O)NN(C=O)C=O. The van der Waals surface area contributed by atoms with Crippen LogP contribution in [0.3, 0.4) is 0 Å². The molecule has 6 amide bonds. The van der Waals surface area contributed by atoms with Crippen LogP contribution < -0.4 is 10.9 Å². The van der Waals surface area contributed by atoms with Crippen molar-refractivity contribution >= 4 is 37.5 Å². The highest BCUT2D eigenvalue weighted by Crippen LogP contribution is 2.00. The number of amides is 6. The fraction of sp³-hybridized carbons (Fsp3) is 0.400. The van der Waals surface area contributed by atoms with Gasteiger partial charge in [-0.15, -0.1) is 0 Å². The van der Waals surface area contributed by atoms with Crippen molar-refractivity contribution in [1.29, 1.82) is 0 Å². The summed E-state index contributed by atoms with van der Waals surface area (Å²) in [6.07, 6.45) is 1.25. The maximum atomic E-state index is 11.2. The van der Waals surface area contributed by atoms with E-state index in [1.54, 1.807) is 0 Å². The minimum absolute atomic E-state index is 0.0105. The molecule has 0 aromatic carbocycles. The quantitative estimate of drug-likeness (QED) is 0.252. The number of carbonyl (C=O) groups excluding carboxylic acids is 6. The normalized spacial score (nSPS) is 9.00. The summed E-state index contributed by atoms with van der Waals surface area (Å²) in [6, 6.07) is 0. The van der Waals surface area contributed by atoms with Crippen LogP contribution >= 0.6 is 0 Å². The molecule has 0 rings (SSSR count). The van der Waals surface area contributed by atoms with E-state index < -0.39 is 11.8 Å². The number of rotatable bonds is 11. The van der Waals surface area contributed by atoms with Crippen LogP contribution in [0.4, 0.5) is 0 Å².